The lowest BCUT2D eigenvalue weighted by molar-refractivity contribution is 0.315. The fourth-order valence-electron chi connectivity index (χ4n) is 0.850. The molecule has 1 N–H and O–H groups in total. The maximum absolute atomic E-state index is 11.3. The molecule has 0 spiro atoms. The fourth-order valence-corrected chi connectivity index (χ4v) is 1.78. The van der Waals surface area contributed by atoms with E-state index in [1.165, 1.54) is 4.31 Å². The van der Waals surface area contributed by atoms with Crippen LogP contribution in [0.5, 0.6) is 0 Å². The van der Waals surface area contributed by atoms with E-state index in [9.17, 15) is 8.42 Å². The first kappa shape index (κ1) is 12.9. The Morgan fingerprint density at radius 1 is 1.38 bits per heavy atom. The highest BCUT2D eigenvalue weighted by Crippen LogP contribution is 2.04. The molecule has 0 fully saturated rings. The smallest absolute Gasteiger partial charge is 0.216 e. The van der Waals surface area contributed by atoms with Crippen molar-refractivity contribution < 1.29 is 13.5 Å². The van der Waals surface area contributed by atoms with Crippen LogP contribution in [-0.4, -0.2) is 43.8 Å². The number of aliphatic hydroxyl groups excluding tert-OH is 1. The van der Waals surface area contributed by atoms with E-state index in [1.54, 1.807) is 7.05 Å². The standard InChI is InChI=1S/C8H19NO3S/c1-8(2)4-5-9(3)13(11,12)7-6-10/h8,10H,4-7H2,1-3H3. The Bertz CT molecular complexity index is 224. The Labute approximate surface area is 80.6 Å². The molecule has 0 aliphatic rings. The van der Waals surface area contributed by atoms with Gasteiger partial charge in [-0.05, 0) is 12.3 Å². The first-order valence-corrected chi connectivity index (χ1v) is 6.06. The van der Waals surface area contributed by atoms with Gasteiger partial charge in [0.05, 0.1) is 12.4 Å². The van der Waals surface area contributed by atoms with Crippen molar-refractivity contribution in [3.8, 4) is 0 Å². The van der Waals surface area contributed by atoms with Crippen LogP contribution in [0.3, 0.4) is 0 Å². The number of hydrogen-bond acceptors (Lipinski definition) is 3. The molecule has 0 unspecified atom stereocenters. The van der Waals surface area contributed by atoms with Gasteiger partial charge in [0.2, 0.25) is 10.0 Å². The Balaban J connectivity index is 4.02. The SMILES string of the molecule is CC(C)CCN(C)S(=O)(=O)CCO. The van der Waals surface area contributed by atoms with Gasteiger partial charge < -0.3 is 5.11 Å². The highest BCUT2D eigenvalue weighted by Gasteiger charge is 2.16. The van der Waals surface area contributed by atoms with Crippen molar-refractivity contribution in [2.75, 3.05) is 26.0 Å². The van der Waals surface area contributed by atoms with Crippen LogP contribution in [0.15, 0.2) is 0 Å². The average Bonchev–Trinajstić information content (AvgIpc) is 1.99. The molecule has 0 amide bonds. The minimum absolute atomic E-state index is 0.179. The fraction of sp³-hybridized carbons (Fsp3) is 1.00. The average molecular weight is 209 g/mol. The van der Waals surface area contributed by atoms with Crippen LogP contribution in [0.1, 0.15) is 20.3 Å². The molecule has 0 aliphatic carbocycles. The molecule has 0 aliphatic heterocycles. The van der Waals surface area contributed by atoms with Crippen molar-refractivity contribution in [2.45, 2.75) is 20.3 Å². The van der Waals surface area contributed by atoms with Crippen molar-refractivity contribution in [3.05, 3.63) is 0 Å². The van der Waals surface area contributed by atoms with Crippen molar-refractivity contribution in [1.82, 2.24) is 4.31 Å². The number of sulfonamides is 1. The lowest BCUT2D eigenvalue weighted by Crippen LogP contribution is -2.31. The van der Waals surface area contributed by atoms with E-state index in [0.717, 1.165) is 6.42 Å². The molecule has 0 aromatic carbocycles. The van der Waals surface area contributed by atoms with Gasteiger partial charge in [0, 0.05) is 13.6 Å². The third kappa shape index (κ3) is 5.23. The molecule has 0 saturated carbocycles. The summed E-state index contributed by atoms with van der Waals surface area (Å²) in [7, 11) is -1.67. The summed E-state index contributed by atoms with van der Waals surface area (Å²) in [6.07, 6.45) is 0.848. The van der Waals surface area contributed by atoms with Crippen LogP contribution >= 0.6 is 0 Å². The summed E-state index contributed by atoms with van der Waals surface area (Å²) in [6, 6.07) is 0. The number of nitrogens with zero attached hydrogens (tertiary/aromatic N) is 1. The van der Waals surface area contributed by atoms with Gasteiger partial charge in [-0.3, -0.25) is 0 Å². The monoisotopic (exact) mass is 209 g/mol. The van der Waals surface area contributed by atoms with Gasteiger partial charge in [-0.25, -0.2) is 12.7 Å². The molecule has 0 radical (unpaired) electrons. The van der Waals surface area contributed by atoms with E-state index < -0.39 is 10.0 Å². The molecule has 0 heterocycles. The third-order valence-corrected chi connectivity index (χ3v) is 3.68. The van der Waals surface area contributed by atoms with Crippen LogP contribution in [0.2, 0.25) is 0 Å². The van der Waals surface area contributed by atoms with E-state index in [1.807, 2.05) is 13.8 Å². The summed E-state index contributed by atoms with van der Waals surface area (Å²) in [5.41, 5.74) is 0. The highest BCUT2D eigenvalue weighted by atomic mass is 32.2. The Morgan fingerprint density at radius 2 is 1.92 bits per heavy atom. The van der Waals surface area contributed by atoms with Crippen LogP contribution in [0.25, 0.3) is 0 Å². The van der Waals surface area contributed by atoms with Gasteiger partial charge in [0.1, 0.15) is 0 Å². The van der Waals surface area contributed by atoms with Gasteiger partial charge in [-0.1, -0.05) is 13.8 Å². The summed E-state index contributed by atoms with van der Waals surface area (Å²) in [6.45, 7) is 4.31. The predicted molar refractivity (Wildman–Crippen MR) is 53.0 cm³/mol. The zero-order valence-corrected chi connectivity index (χ0v) is 9.34. The van der Waals surface area contributed by atoms with Gasteiger partial charge >= 0.3 is 0 Å². The second-order valence-corrected chi connectivity index (χ2v) is 5.74. The summed E-state index contributed by atoms with van der Waals surface area (Å²) in [4.78, 5) is 0. The Hall–Kier alpha value is -0.130. The number of rotatable bonds is 6. The van der Waals surface area contributed by atoms with Crippen molar-refractivity contribution >= 4 is 10.0 Å². The van der Waals surface area contributed by atoms with Crippen molar-refractivity contribution in [2.24, 2.45) is 5.92 Å². The molecular formula is C8H19NO3S. The van der Waals surface area contributed by atoms with E-state index in [0.29, 0.717) is 12.5 Å². The third-order valence-electron chi connectivity index (χ3n) is 1.85. The van der Waals surface area contributed by atoms with Gasteiger partial charge in [-0.2, -0.15) is 0 Å². The lowest BCUT2D eigenvalue weighted by Gasteiger charge is -2.17. The predicted octanol–water partition coefficient (Wildman–Crippen LogP) is 0.286. The van der Waals surface area contributed by atoms with E-state index in [-0.39, 0.29) is 12.4 Å². The molecule has 0 atom stereocenters. The number of hydrogen-bond donors (Lipinski definition) is 1. The molecule has 0 aromatic rings. The van der Waals surface area contributed by atoms with Gasteiger partial charge in [-0.15, -0.1) is 0 Å². The first-order valence-electron chi connectivity index (χ1n) is 4.45. The van der Waals surface area contributed by atoms with Crippen molar-refractivity contribution in [3.63, 3.8) is 0 Å². The molecule has 0 saturated heterocycles. The molecule has 13 heavy (non-hydrogen) atoms. The maximum Gasteiger partial charge on any atom is 0.216 e. The molecule has 4 nitrogen and oxygen atoms in total. The van der Waals surface area contributed by atoms with Crippen molar-refractivity contribution in [1.29, 1.82) is 0 Å². The minimum atomic E-state index is -3.22. The molecule has 0 rings (SSSR count). The minimum Gasteiger partial charge on any atom is -0.395 e. The second kappa shape index (κ2) is 5.57. The Kier molecular flexibility index (Phi) is 5.51. The summed E-state index contributed by atoms with van der Waals surface area (Å²) in [5, 5.41) is 8.52. The first-order chi connectivity index (χ1) is 5.90. The zero-order valence-electron chi connectivity index (χ0n) is 8.52. The highest BCUT2D eigenvalue weighted by molar-refractivity contribution is 7.89. The van der Waals surface area contributed by atoms with Gasteiger partial charge in [0.25, 0.3) is 0 Å². The molecule has 0 bridgehead atoms. The molecule has 80 valence electrons. The topological polar surface area (TPSA) is 57.6 Å². The van der Waals surface area contributed by atoms with E-state index in [4.69, 9.17) is 5.11 Å². The van der Waals surface area contributed by atoms with Crippen LogP contribution in [0.4, 0.5) is 0 Å². The van der Waals surface area contributed by atoms with Crippen LogP contribution in [0, 0.1) is 5.92 Å². The zero-order chi connectivity index (χ0) is 10.5. The van der Waals surface area contributed by atoms with E-state index >= 15 is 0 Å². The maximum atomic E-state index is 11.3. The van der Waals surface area contributed by atoms with E-state index in [2.05, 4.69) is 0 Å². The van der Waals surface area contributed by atoms with Crippen LogP contribution < -0.4 is 0 Å². The quantitative estimate of drug-likeness (QED) is 0.684. The summed E-state index contributed by atoms with van der Waals surface area (Å²) >= 11 is 0. The molecular weight excluding hydrogens is 190 g/mol. The number of aliphatic hydroxyl groups is 1. The second-order valence-electron chi connectivity index (χ2n) is 3.54. The molecule has 0 aromatic heterocycles. The lowest BCUT2D eigenvalue weighted by atomic mass is 10.1. The van der Waals surface area contributed by atoms with Crippen LogP contribution in [-0.2, 0) is 10.0 Å². The largest absolute Gasteiger partial charge is 0.395 e. The summed E-state index contributed by atoms with van der Waals surface area (Å²) in [5.74, 6) is 0.313. The normalized spacial score (nSPS) is 12.8. The Morgan fingerprint density at radius 3 is 2.31 bits per heavy atom. The van der Waals surface area contributed by atoms with Gasteiger partial charge in [0.15, 0.2) is 0 Å². The molecule has 5 heteroatoms. The summed E-state index contributed by atoms with van der Waals surface area (Å²) < 4.78 is 23.9.